The first-order valence-electron chi connectivity index (χ1n) is 6.69. The van der Waals surface area contributed by atoms with Gasteiger partial charge in [-0.3, -0.25) is 0 Å². The first-order chi connectivity index (χ1) is 9.38. The van der Waals surface area contributed by atoms with Crippen LogP contribution in [-0.4, -0.2) is 17.3 Å². The Bertz CT molecular complexity index is 461. The second-order valence-corrected chi connectivity index (χ2v) is 5.15. The molecule has 2 unspecified atom stereocenters. The second-order valence-electron chi connectivity index (χ2n) is 5.15. The van der Waals surface area contributed by atoms with E-state index in [9.17, 15) is 22.7 Å². The van der Waals surface area contributed by atoms with E-state index in [-0.39, 0.29) is 11.7 Å². The number of anilines is 1. The minimum absolute atomic E-state index is 0.00366. The molecule has 0 amide bonds. The second kappa shape index (κ2) is 5.99. The predicted molar refractivity (Wildman–Crippen MR) is 67.9 cm³/mol. The minimum atomic E-state index is -4.55. The molecule has 1 aliphatic carbocycles. The maximum absolute atomic E-state index is 13.7. The van der Waals surface area contributed by atoms with Crippen molar-refractivity contribution < 1.29 is 22.7 Å². The van der Waals surface area contributed by atoms with Crippen LogP contribution in [0.25, 0.3) is 0 Å². The molecule has 2 nitrogen and oxygen atoms in total. The summed E-state index contributed by atoms with van der Waals surface area (Å²) in [6.45, 7) is 0. The van der Waals surface area contributed by atoms with Gasteiger partial charge in [0.1, 0.15) is 5.82 Å². The highest BCUT2D eigenvalue weighted by Gasteiger charge is 2.31. The van der Waals surface area contributed by atoms with Gasteiger partial charge in [0.25, 0.3) is 0 Å². The van der Waals surface area contributed by atoms with E-state index in [0.717, 1.165) is 31.4 Å². The number of aliphatic hydroxyl groups is 1. The van der Waals surface area contributed by atoms with Crippen LogP contribution in [0.1, 0.15) is 37.7 Å². The lowest BCUT2D eigenvalue weighted by Crippen LogP contribution is -2.32. The lowest BCUT2D eigenvalue weighted by atomic mass is 10.1. The topological polar surface area (TPSA) is 32.3 Å². The number of aliphatic hydroxyl groups excluding tert-OH is 1. The Labute approximate surface area is 114 Å². The van der Waals surface area contributed by atoms with Crippen molar-refractivity contribution in [2.75, 3.05) is 5.32 Å². The molecular weight excluding hydrogens is 274 g/mol. The van der Waals surface area contributed by atoms with E-state index in [1.165, 1.54) is 0 Å². The molecule has 112 valence electrons. The van der Waals surface area contributed by atoms with Crippen molar-refractivity contribution >= 4 is 5.69 Å². The highest BCUT2D eigenvalue weighted by molar-refractivity contribution is 5.48. The molecule has 1 aliphatic rings. The highest BCUT2D eigenvalue weighted by atomic mass is 19.4. The maximum atomic E-state index is 13.7. The summed E-state index contributed by atoms with van der Waals surface area (Å²) in [5.41, 5.74) is -1.01. The molecule has 2 atom stereocenters. The van der Waals surface area contributed by atoms with E-state index >= 15 is 0 Å². The summed E-state index contributed by atoms with van der Waals surface area (Å²) in [4.78, 5) is 0. The summed E-state index contributed by atoms with van der Waals surface area (Å²) in [7, 11) is 0. The van der Waals surface area contributed by atoms with Gasteiger partial charge >= 0.3 is 6.18 Å². The SMILES string of the molecule is OC1CCCCCC1Nc1ccc(C(F)(F)F)cc1F. The van der Waals surface area contributed by atoms with Crippen LogP contribution in [0.5, 0.6) is 0 Å². The highest BCUT2D eigenvalue weighted by Crippen LogP contribution is 2.32. The molecule has 0 spiro atoms. The van der Waals surface area contributed by atoms with Crippen molar-refractivity contribution in [2.24, 2.45) is 0 Å². The number of benzene rings is 1. The van der Waals surface area contributed by atoms with Crippen molar-refractivity contribution in [3.8, 4) is 0 Å². The summed E-state index contributed by atoms with van der Waals surface area (Å²) >= 11 is 0. The number of hydrogen-bond acceptors (Lipinski definition) is 2. The molecule has 0 heterocycles. The number of nitrogens with one attached hydrogen (secondary N) is 1. The van der Waals surface area contributed by atoms with E-state index in [4.69, 9.17) is 0 Å². The number of hydrogen-bond donors (Lipinski definition) is 2. The lowest BCUT2D eigenvalue weighted by Gasteiger charge is -2.23. The zero-order chi connectivity index (χ0) is 14.8. The minimum Gasteiger partial charge on any atom is -0.391 e. The van der Waals surface area contributed by atoms with Crippen LogP contribution >= 0.6 is 0 Å². The van der Waals surface area contributed by atoms with Crippen LogP contribution < -0.4 is 5.32 Å². The third-order valence-corrected chi connectivity index (χ3v) is 3.62. The number of halogens is 4. The smallest absolute Gasteiger partial charge is 0.391 e. The van der Waals surface area contributed by atoms with Gasteiger partial charge in [0, 0.05) is 0 Å². The normalized spacial score (nSPS) is 24.2. The van der Waals surface area contributed by atoms with E-state index in [1.807, 2.05) is 0 Å². The molecule has 1 aromatic carbocycles. The van der Waals surface area contributed by atoms with Gasteiger partial charge in [-0.05, 0) is 31.0 Å². The van der Waals surface area contributed by atoms with Gasteiger partial charge < -0.3 is 10.4 Å². The lowest BCUT2D eigenvalue weighted by molar-refractivity contribution is -0.137. The fraction of sp³-hybridized carbons (Fsp3) is 0.571. The van der Waals surface area contributed by atoms with Crippen molar-refractivity contribution in [1.29, 1.82) is 0 Å². The molecule has 0 bridgehead atoms. The average Bonchev–Trinajstić information content (AvgIpc) is 2.56. The Morgan fingerprint density at radius 2 is 1.80 bits per heavy atom. The summed E-state index contributed by atoms with van der Waals surface area (Å²) < 4.78 is 51.1. The van der Waals surface area contributed by atoms with Gasteiger partial charge in [-0.2, -0.15) is 13.2 Å². The Hall–Kier alpha value is -1.30. The molecular formula is C14H17F4NO. The van der Waals surface area contributed by atoms with Crippen molar-refractivity contribution in [2.45, 2.75) is 50.4 Å². The van der Waals surface area contributed by atoms with E-state index in [2.05, 4.69) is 5.32 Å². The summed E-state index contributed by atoms with van der Waals surface area (Å²) in [6, 6.07) is 2.08. The zero-order valence-electron chi connectivity index (χ0n) is 10.9. The Morgan fingerprint density at radius 3 is 2.45 bits per heavy atom. The van der Waals surface area contributed by atoms with Gasteiger partial charge in [0.15, 0.2) is 0 Å². The Balaban J connectivity index is 2.13. The van der Waals surface area contributed by atoms with Gasteiger partial charge in [-0.1, -0.05) is 19.3 Å². The van der Waals surface area contributed by atoms with E-state index < -0.39 is 23.7 Å². The van der Waals surface area contributed by atoms with Crippen molar-refractivity contribution in [3.05, 3.63) is 29.6 Å². The van der Waals surface area contributed by atoms with Crippen LogP contribution in [0.2, 0.25) is 0 Å². The van der Waals surface area contributed by atoms with Gasteiger partial charge in [-0.15, -0.1) is 0 Å². The Kier molecular flexibility index (Phi) is 4.52. The van der Waals surface area contributed by atoms with Gasteiger partial charge in [0.05, 0.1) is 23.4 Å². The summed E-state index contributed by atoms with van der Waals surface area (Å²) in [5.74, 6) is -0.948. The molecule has 2 rings (SSSR count). The first-order valence-corrected chi connectivity index (χ1v) is 6.69. The summed E-state index contributed by atoms with van der Waals surface area (Å²) in [5, 5.41) is 12.7. The fourth-order valence-electron chi connectivity index (χ4n) is 2.46. The number of alkyl halides is 3. The van der Waals surface area contributed by atoms with E-state index in [0.29, 0.717) is 18.9 Å². The molecule has 6 heteroatoms. The fourth-order valence-corrected chi connectivity index (χ4v) is 2.46. The molecule has 1 fully saturated rings. The largest absolute Gasteiger partial charge is 0.416 e. The molecule has 1 aromatic rings. The van der Waals surface area contributed by atoms with Crippen LogP contribution in [0.3, 0.4) is 0 Å². The molecule has 1 saturated carbocycles. The Morgan fingerprint density at radius 1 is 1.10 bits per heavy atom. The molecule has 20 heavy (non-hydrogen) atoms. The maximum Gasteiger partial charge on any atom is 0.416 e. The molecule has 2 N–H and O–H groups in total. The number of rotatable bonds is 2. The van der Waals surface area contributed by atoms with Crippen LogP contribution in [0, 0.1) is 5.82 Å². The molecule has 0 saturated heterocycles. The third kappa shape index (κ3) is 3.62. The molecule has 0 radical (unpaired) electrons. The van der Waals surface area contributed by atoms with Crippen LogP contribution in [-0.2, 0) is 6.18 Å². The molecule has 0 aliphatic heterocycles. The third-order valence-electron chi connectivity index (χ3n) is 3.62. The van der Waals surface area contributed by atoms with E-state index in [1.54, 1.807) is 0 Å². The average molecular weight is 291 g/mol. The zero-order valence-corrected chi connectivity index (χ0v) is 10.9. The van der Waals surface area contributed by atoms with Crippen LogP contribution in [0.4, 0.5) is 23.2 Å². The van der Waals surface area contributed by atoms with Crippen molar-refractivity contribution in [1.82, 2.24) is 0 Å². The van der Waals surface area contributed by atoms with Gasteiger partial charge in [-0.25, -0.2) is 4.39 Å². The van der Waals surface area contributed by atoms with Gasteiger partial charge in [0.2, 0.25) is 0 Å². The predicted octanol–water partition coefficient (Wildman–Crippen LogP) is 3.95. The van der Waals surface area contributed by atoms with Crippen LogP contribution in [0.15, 0.2) is 18.2 Å². The van der Waals surface area contributed by atoms with Crippen molar-refractivity contribution in [3.63, 3.8) is 0 Å². The summed E-state index contributed by atoms with van der Waals surface area (Å²) in [6.07, 6.45) is -1.02. The first kappa shape index (κ1) is 15.1. The molecule has 0 aromatic heterocycles. The monoisotopic (exact) mass is 291 g/mol. The quantitative estimate of drug-likeness (QED) is 0.639. The standard InChI is InChI=1S/C14H17F4NO/c15-10-8-9(14(16,17)18)6-7-11(10)19-12-4-2-1-3-5-13(12)20/h6-8,12-13,19-20H,1-5H2.